The largest absolute Gasteiger partial charge is 0.277 e. The van der Waals surface area contributed by atoms with Gasteiger partial charge in [0, 0.05) is 12.6 Å². The van der Waals surface area contributed by atoms with Crippen molar-refractivity contribution in [3.8, 4) is 0 Å². The van der Waals surface area contributed by atoms with Gasteiger partial charge in [0.05, 0.1) is 17.4 Å². The first-order valence-electron chi connectivity index (χ1n) is 3.22. The molecule has 1 aromatic heterocycles. The second-order valence-corrected chi connectivity index (χ2v) is 2.22. The van der Waals surface area contributed by atoms with Crippen LogP contribution in [-0.4, -0.2) is 16.4 Å². The van der Waals surface area contributed by atoms with Crippen molar-refractivity contribution in [3.05, 3.63) is 22.1 Å². The van der Waals surface area contributed by atoms with Crippen LogP contribution < -0.4 is 11.0 Å². The molecule has 0 unspecified atom stereocenters. The summed E-state index contributed by atoms with van der Waals surface area (Å²) in [6.45, 7) is 0. The average Bonchev–Trinajstić information content (AvgIpc) is 2.06. The third kappa shape index (κ3) is 0.899. The first kappa shape index (κ1) is 6.09. The van der Waals surface area contributed by atoms with Gasteiger partial charge in [0.15, 0.2) is 0 Å². The molecule has 0 saturated heterocycles. The van der Waals surface area contributed by atoms with Gasteiger partial charge < -0.3 is 0 Å². The van der Waals surface area contributed by atoms with Crippen molar-refractivity contribution >= 4 is 11.9 Å². The van der Waals surface area contributed by atoms with Crippen LogP contribution in [0.5, 0.6) is 0 Å². The number of nitrogens with one attached hydrogen (secondary N) is 2. The molecule has 0 saturated carbocycles. The number of hydrazone groups is 1. The molecular formula is C6H6N4O. The molecular weight excluding hydrogens is 144 g/mol. The highest BCUT2D eigenvalue weighted by Gasteiger charge is 2.08. The zero-order chi connectivity index (χ0) is 7.68. The number of anilines is 1. The minimum absolute atomic E-state index is 0.152. The smallest absolute Gasteiger partial charge is 0.269 e. The van der Waals surface area contributed by atoms with Gasteiger partial charge in [-0.3, -0.25) is 10.2 Å². The molecule has 5 heteroatoms. The van der Waals surface area contributed by atoms with Crippen molar-refractivity contribution in [1.82, 2.24) is 10.2 Å². The molecule has 11 heavy (non-hydrogen) atoms. The van der Waals surface area contributed by atoms with Crippen LogP contribution >= 0.6 is 0 Å². The molecule has 0 fully saturated rings. The Morgan fingerprint density at radius 3 is 3.27 bits per heavy atom. The van der Waals surface area contributed by atoms with Crippen LogP contribution in [0.4, 0.5) is 5.69 Å². The van der Waals surface area contributed by atoms with E-state index in [1.165, 1.54) is 0 Å². The van der Waals surface area contributed by atoms with Crippen molar-refractivity contribution < 1.29 is 0 Å². The highest BCUT2D eigenvalue weighted by atomic mass is 16.1. The first-order valence-corrected chi connectivity index (χ1v) is 3.22. The third-order valence-corrected chi connectivity index (χ3v) is 1.53. The Bertz CT molecular complexity index is 354. The third-order valence-electron chi connectivity index (χ3n) is 1.53. The van der Waals surface area contributed by atoms with Gasteiger partial charge in [-0.05, 0) is 0 Å². The molecule has 0 amide bonds. The fourth-order valence-electron chi connectivity index (χ4n) is 0.974. The van der Waals surface area contributed by atoms with Gasteiger partial charge in [0.2, 0.25) is 0 Å². The van der Waals surface area contributed by atoms with Gasteiger partial charge >= 0.3 is 0 Å². The lowest BCUT2D eigenvalue weighted by molar-refractivity contribution is 0.953. The van der Waals surface area contributed by atoms with E-state index in [0.717, 1.165) is 0 Å². The predicted octanol–water partition coefficient (Wildman–Crippen LogP) is -0.276. The SMILES string of the molecule is O=c1[nH]ncc2c1CC=NN2. The number of H-pyrrole nitrogens is 1. The zero-order valence-electron chi connectivity index (χ0n) is 5.66. The Kier molecular flexibility index (Phi) is 1.21. The molecule has 0 aromatic carbocycles. The monoisotopic (exact) mass is 150 g/mol. The molecule has 0 bridgehead atoms. The Morgan fingerprint density at radius 1 is 1.55 bits per heavy atom. The average molecular weight is 150 g/mol. The summed E-state index contributed by atoms with van der Waals surface area (Å²) in [4.78, 5) is 11.0. The second-order valence-electron chi connectivity index (χ2n) is 2.22. The Balaban J connectivity index is 2.63. The van der Waals surface area contributed by atoms with E-state index in [9.17, 15) is 4.79 Å². The minimum atomic E-state index is -0.152. The van der Waals surface area contributed by atoms with Crippen LogP contribution in [0.1, 0.15) is 5.56 Å². The number of aromatic nitrogens is 2. The van der Waals surface area contributed by atoms with Crippen LogP contribution in [0.15, 0.2) is 16.1 Å². The molecule has 2 heterocycles. The lowest BCUT2D eigenvalue weighted by atomic mass is 10.2. The Morgan fingerprint density at radius 2 is 2.45 bits per heavy atom. The maximum atomic E-state index is 11.0. The van der Waals surface area contributed by atoms with E-state index in [0.29, 0.717) is 17.7 Å². The Hall–Kier alpha value is -1.65. The molecule has 56 valence electrons. The standard InChI is InChI=1S/C6H6N4O/c11-6-4-1-2-7-9-5(4)3-8-10-6/h2-3,9H,1H2,(H,10,11). The summed E-state index contributed by atoms with van der Waals surface area (Å²) in [6, 6.07) is 0. The number of hydrogen-bond donors (Lipinski definition) is 2. The van der Waals surface area contributed by atoms with Crippen molar-refractivity contribution in [2.24, 2.45) is 5.10 Å². The zero-order valence-corrected chi connectivity index (χ0v) is 5.66. The summed E-state index contributed by atoms with van der Waals surface area (Å²) in [7, 11) is 0. The number of hydrogen-bond acceptors (Lipinski definition) is 4. The predicted molar refractivity (Wildman–Crippen MR) is 40.7 cm³/mol. The van der Waals surface area contributed by atoms with Crippen LogP contribution in [0.2, 0.25) is 0 Å². The van der Waals surface area contributed by atoms with Crippen molar-refractivity contribution in [1.29, 1.82) is 0 Å². The molecule has 2 N–H and O–H groups in total. The van der Waals surface area contributed by atoms with E-state index in [2.05, 4.69) is 20.7 Å². The van der Waals surface area contributed by atoms with E-state index < -0.39 is 0 Å². The second kappa shape index (κ2) is 2.19. The number of rotatable bonds is 0. The van der Waals surface area contributed by atoms with Gasteiger partial charge in [-0.1, -0.05) is 0 Å². The molecule has 5 nitrogen and oxygen atoms in total. The molecule has 0 spiro atoms. The summed E-state index contributed by atoms with van der Waals surface area (Å²) in [5, 5.41) is 9.77. The lowest BCUT2D eigenvalue weighted by Gasteiger charge is -2.07. The number of nitrogens with zero attached hydrogens (tertiary/aromatic N) is 2. The summed E-state index contributed by atoms with van der Waals surface area (Å²) in [5.41, 5.74) is 3.92. The highest BCUT2D eigenvalue weighted by molar-refractivity contribution is 5.70. The molecule has 1 aliphatic heterocycles. The van der Waals surface area contributed by atoms with E-state index >= 15 is 0 Å². The first-order chi connectivity index (χ1) is 5.38. The highest BCUT2D eigenvalue weighted by Crippen LogP contribution is 2.10. The molecule has 0 aliphatic carbocycles. The quantitative estimate of drug-likeness (QED) is 0.534. The lowest BCUT2D eigenvalue weighted by Crippen LogP contribution is -2.19. The van der Waals surface area contributed by atoms with Crippen molar-refractivity contribution in [2.45, 2.75) is 6.42 Å². The van der Waals surface area contributed by atoms with Crippen molar-refractivity contribution in [2.75, 3.05) is 5.43 Å². The van der Waals surface area contributed by atoms with Crippen molar-refractivity contribution in [3.63, 3.8) is 0 Å². The van der Waals surface area contributed by atoms with Crippen LogP contribution in [-0.2, 0) is 6.42 Å². The molecule has 0 radical (unpaired) electrons. The van der Waals surface area contributed by atoms with Crippen LogP contribution in [0.25, 0.3) is 0 Å². The van der Waals surface area contributed by atoms with Gasteiger partial charge in [-0.2, -0.15) is 10.2 Å². The van der Waals surface area contributed by atoms with E-state index in [-0.39, 0.29) is 5.56 Å². The summed E-state index contributed by atoms with van der Waals surface area (Å²) >= 11 is 0. The van der Waals surface area contributed by atoms with Gasteiger partial charge in [-0.15, -0.1) is 0 Å². The van der Waals surface area contributed by atoms with Gasteiger partial charge in [0.1, 0.15) is 0 Å². The number of fused-ring (bicyclic) bond motifs is 1. The molecule has 1 aliphatic rings. The maximum Gasteiger partial charge on any atom is 0.269 e. The van der Waals surface area contributed by atoms with E-state index in [1.807, 2.05) is 0 Å². The molecule has 0 atom stereocenters. The molecule has 2 rings (SSSR count). The summed E-state index contributed by atoms with van der Waals surface area (Å²) in [6.07, 6.45) is 3.77. The van der Waals surface area contributed by atoms with Gasteiger partial charge in [0.25, 0.3) is 5.56 Å². The maximum absolute atomic E-state index is 11.0. The van der Waals surface area contributed by atoms with E-state index in [1.54, 1.807) is 12.4 Å². The molecule has 1 aromatic rings. The Labute approximate surface area is 62.1 Å². The summed E-state index contributed by atoms with van der Waals surface area (Å²) < 4.78 is 0. The minimum Gasteiger partial charge on any atom is -0.277 e. The van der Waals surface area contributed by atoms with E-state index in [4.69, 9.17) is 0 Å². The summed E-state index contributed by atoms with van der Waals surface area (Å²) in [5.74, 6) is 0. The normalized spacial score (nSPS) is 13.8. The fraction of sp³-hybridized carbons (Fsp3) is 0.167. The van der Waals surface area contributed by atoms with Crippen LogP contribution in [0.3, 0.4) is 0 Å². The number of aromatic amines is 1. The van der Waals surface area contributed by atoms with Gasteiger partial charge in [-0.25, -0.2) is 5.10 Å². The van der Waals surface area contributed by atoms with Crippen LogP contribution in [0, 0.1) is 0 Å². The topological polar surface area (TPSA) is 70.1 Å². The fourth-order valence-corrected chi connectivity index (χ4v) is 0.974.